The first-order valence-electron chi connectivity index (χ1n) is 10.8. The Labute approximate surface area is 196 Å². The highest BCUT2D eigenvalue weighted by Gasteiger charge is 2.27. The van der Waals surface area contributed by atoms with E-state index >= 15 is 0 Å². The fourth-order valence-corrected chi connectivity index (χ4v) is 3.95. The maximum Gasteiger partial charge on any atom is 0.296 e. The molecule has 4 rings (SSSR count). The molecule has 1 atom stereocenters. The Bertz CT molecular complexity index is 1300. The van der Waals surface area contributed by atoms with Gasteiger partial charge in [0, 0.05) is 25.6 Å². The maximum atomic E-state index is 12.4. The number of rotatable bonds is 5. The molecule has 3 aromatic rings. The van der Waals surface area contributed by atoms with Crippen LogP contribution in [-0.4, -0.2) is 56.7 Å². The number of fused-ring (bicyclic) bond motifs is 1. The quantitative estimate of drug-likeness (QED) is 0.436. The highest BCUT2D eigenvalue weighted by atomic mass is 16.5. The van der Waals surface area contributed by atoms with Gasteiger partial charge in [0.25, 0.3) is 5.91 Å². The van der Waals surface area contributed by atoms with Gasteiger partial charge in [-0.3, -0.25) is 9.59 Å². The average Bonchev–Trinajstić information content (AvgIpc) is 3.26. The minimum absolute atomic E-state index is 0.105. The molecule has 34 heavy (non-hydrogen) atoms. The third kappa shape index (κ3) is 4.83. The summed E-state index contributed by atoms with van der Waals surface area (Å²) >= 11 is 0. The summed E-state index contributed by atoms with van der Waals surface area (Å²) in [6.45, 7) is 5.01. The molecule has 10 nitrogen and oxygen atoms in total. The van der Waals surface area contributed by atoms with E-state index in [-0.39, 0.29) is 17.8 Å². The number of hydrogen-bond acceptors (Lipinski definition) is 7. The molecule has 0 spiro atoms. The summed E-state index contributed by atoms with van der Waals surface area (Å²) in [5.74, 6) is 5.75. The Morgan fingerprint density at radius 3 is 3.03 bits per heavy atom. The number of likely N-dealkylation sites (tertiary alicyclic amines) is 1. The van der Waals surface area contributed by atoms with Crippen molar-refractivity contribution in [3.63, 3.8) is 0 Å². The number of benzene rings is 1. The maximum absolute atomic E-state index is 12.4. The average molecular weight is 460 g/mol. The van der Waals surface area contributed by atoms with Gasteiger partial charge in [-0.15, -0.1) is 0 Å². The van der Waals surface area contributed by atoms with Gasteiger partial charge >= 0.3 is 0 Å². The lowest BCUT2D eigenvalue weighted by molar-refractivity contribution is -0.127. The number of nitrogens with zero attached hydrogens (tertiary/aromatic N) is 5. The number of ether oxygens (including phenoxy) is 1. The normalized spacial score (nSPS) is 15.3. The molecular formula is C24H25N7O3. The zero-order valence-electron chi connectivity index (χ0n) is 18.8. The minimum atomic E-state index is -0.457. The number of anilines is 1. The first-order chi connectivity index (χ1) is 16.5. The van der Waals surface area contributed by atoms with Crippen molar-refractivity contribution in [2.75, 3.05) is 25.9 Å². The number of hydrogen-bond donors (Lipinski definition) is 2. The molecule has 3 heterocycles. The standard InChI is InChI=1S/C24H25N7O3/c1-3-21(33)30-11-5-7-17(14-30)31-24-22(23(25)27-15-28-24)19(29-31)9-10-20(32)26-13-16-6-4-8-18(12-16)34-2/h3-4,6,8,12,15,17H,1,5,7,11,13-14H2,2H3,(H,26,32)(H2,25,27,28)/t17-/m1/s1. The van der Waals surface area contributed by atoms with Crippen LogP contribution in [0.25, 0.3) is 11.0 Å². The number of carbonyl (C=O) groups is 2. The highest BCUT2D eigenvalue weighted by Crippen LogP contribution is 2.28. The van der Waals surface area contributed by atoms with E-state index in [1.165, 1.54) is 12.4 Å². The molecule has 174 valence electrons. The minimum Gasteiger partial charge on any atom is -0.497 e. The van der Waals surface area contributed by atoms with Crippen LogP contribution >= 0.6 is 0 Å². The van der Waals surface area contributed by atoms with E-state index in [1.54, 1.807) is 16.7 Å². The lowest BCUT2D eigenvalue weighted by atomic mass is 10.1. The van der Waals surface area contributed by atoms with Crippen molar-refractivity contribution < 1.29 is 14.3 Å². The molecule has 0 bridgehead atoms. The fraction of sp³-hybridized carbons (Fsp3) is 0.292. The van der Waals surface area contributed by atoms with Crippen LogP contribution in [-0.2, 0) is 16.1 Å². The Morgan fingerprint density at radius 2 is 2.24 bits per heavy atom. The largest absolute Gasteiger partial charge is 0.497 e. The van der Waals surface area contributed by atoms with Crippen molar-refractivity contribution in [3.8, 4) is 17.6 Å². The number of piperidine rings is 1. The number of aromatic nitrogens is 4. The van der Waals surface area contributed by atoms with E-state index in [0.717, 1.165) is 18.4 Å². The third-order valence-corrected chi connectivity index (χ3v) is 5.63. The van der Waals surface area contributed by atoms with Gasteiger partial charge < -0.3 is 20.7 Å². The van der Waals surface area contributed by atoms with E-state index in [1.807, 2.05) is 24.3 Å². The van der Waals surface area contributed by atoms with Gasteiger partial charge in [0.2, 0.25) is 5.91 Å². The van der Waals surface area contributed by atoms with Gasteiger partial charge in [-0.1, -0.05) is 18.7 Å². The van der Waals surface area contributed by atoms with Crippen LogP contribution in [0, 0.1) is 11.8 Å². The Kier molecular flexibility index (Phi) is 6.73. The lowest BCUT2D eigenvalue weighted by Crippen LogP contribution is -2.40. The molecule has 1 saturated heterocycles. The molecule has 3 N–H and O–H groups in total. The Hall–Kier alpha value is -4.39. The summed E-state index contributed by atoms with van der Waals surface area (Å²) in [5, 5.41) is 7.85. The van der Waals surface area contributed by atoms with Crippen LogP contribution in [0.1, 0.15) is 30.1 Å². The van der Waals surface area contributed by atoms with Crippen LogP contribution in [0.15, 0.2) is 43.2 Å². The van der Waals surface area contributed by atoms with Gasteiger partial charge in [-0.05, 0) is 42.5 Å². The topological polar surface area (TPSA) is 128 Å². The van der Waals surface area contributed by atoms with Crippen molar-refractivity contribution in [1.29, 1.82) is 0 Å². The number of carbonyl (C=O) groups excluding carboxylic acids is 2. The van der Waals surface area contributed by atoms with Crippen molar-refractivity contribution in [3.05, 3.63) is 54.5 Å². The first kappa shape index (κ1) is 22.8. The van der Waals surface area contributed by atoms with Gasteiger partial charge in [-0.25, -0.2) is 14.6 Å². The molecule has 2 aromatic heterocycles. The number of methoxy groups -OCH3 is 1. The predicted molar refractivity (Wildman–Crippen MR) is 127 cm³/mol. The summed E-state index contributed by atoms with van der Waals surface area (Å²) in [7, 11) is 1.59. The van der Waals surface area contributed by atoms with Crippen LogP contribution in [0.3, 0.4) is 0 Å². The van der Waals surface area contributed by atoms with E-state index in [0.29, 0.717) is 42.1 Å². The zero-order valence-corrected chi connectivity index (χ0v) is 18.8. The molecule has 0 unspecified atom stereocenters. The first-order valence-corrected chi connectivity index (χ1v) is 10.8. The summed E-state index contributed by atoms with van der Waals surface area (Å²) in [6, 6.07) is 7.30. The molecule has 2 amide bonds. The van der Waals surface area contributed by atoms with Crippen LogP contribution in [0.5, 0.6) is 5.75 Å². The van der Waals surface area contributed by atoms with E-state index in [4.69, 9.17) is 10.5 Å². The van der Waals surface area contributed by atoms with Crippen molar-refractivity contribution in [2.24, 2.45) is 0 Å². The summed E-state index contributed by atoms with van der Waals surface area (Å²) < 4.78 is 6.93. The summed E-state index contributed by atoms with van der Waals surface area (Å²) in [6.07, 6.45) is 4.31. The SMILES string of the molecule is C=CC(=O)N1CCC[C@@H](n2nc(C#CC(=O)NCc3cccc(OC)c3)c3c(N)ncnc32)C1. The monoisotopic (exact) mass is 459 g/mol. The molecule has 1 aromatic carbocycles. The van der Waals surface area contributed by atoms with E-state index in [9.17, 15) is 9.59 Å². The number of nitrogens with one attached hydrogen (secondary N) is 1. The fourth-order valence-electron chi connectivity index (χ4n) is 3.95. The zero-order chi connectivity index (χ0) is 24.1. The molecule has 0 saturated carbocycles. The van der Waals surface area contributed by atoms with Crippen LogP contribution in [0.2, 0.25) is 0 Å². The van der Waals surface area contributed by atoms with Crippen molar-refractivity contribution >= 4 is 28.7 Å². The molecule has 10 heteroatoms. The van der Waals surface area contributed by atoms with Crippen LogP contribution < -0.4 is 15.8 Å². The summed E-state index contributed by atoms with van der Waals surface area (Å²) in [5.41, 5.74) is 7.83. The Balaban J connectivity index is 1.56. The summed E-state index contributed by atoms with van der Waals surface area (Å²) in [4.78, 5) is 34.6. The van der Waals surface area contributed by atoms with E-state index < -0.39 is 5.91 Å². The third-order valence-electron chi connectivity index (χ3n) is 5.63. The van der Waals surface area contributed by atoms with E-state index in [2.05, 4.69) is 38.8 Å². The van der Waals surface area contributed by atoms with Crippen LogP contribution in [0.4, 0.5) is 5.82 Å². The van der Waals surface area contributed by atoms with Crippen molar-refractivity contribution in [2.45, 2.75) is 25.4 Å². The number of amides is 2. The second-order valence-electron chi connectivity index (χ2n) is 7.82. The van der Waals surface area contributed by atoms with Gasteiger partial charge in [0.05, 0.1) is 18.5 Å². The predicted octanol–water partition coefficient (Wildman–Crippen LogP) is 1.43. The smallest absolute Gasteiger partial charge is 0.296 e. The van der Waals surface area contributed by atoms with Gasteiger partial charge in [0.15, 0.2) is 5.65 Å². The molecule has 1 aliphatic heterocycles. The number of nitrogens with two attached hydrogens (primary N) is 1. The lowest BCUT2D eigenvalue weighted by Gasteiger charge is -2.32. The molecular weight excluding hydrogens is 434 g/mol. The Morgan fingerprint density at radius 1 is 1.38 bits per heavy atom. The highest BCUT2D eigenvalue weighted by molar-refractivity contribution is 5.96. The molecule has 0 aliphatic carbocycles. The molecule has 1 aliphatic rings. The number of nitrogen functional groups attached to an aromatic ring is 1. The second-order valence-corrected chi connectivity index (χ2v) is 7.82. The van der Waals surface area contributed by atoms with Gasteiger partial charge in [-0.2, -0.15) is 5.10 Å². The second kappa shape index (κ2) is 10.0. The van der Waals surface area contributed by atoms with Gasteiger partial charge in [0.1, 0.15) is 23.6 Å². The molecule has 1 fully saturated rings. The van der Waals surface area contributed by atoms with Crippen molar-refractivity contribution in [1.82, 2.24) is 30.0 Å². The molecule has 0 radical (unpaired) electrons.